The maximum atomic E-state index is 12.7. The molecular weight excluding hydrogens is 546 g/mol. The van der Waals surface area contributed by atoms with E-state index in [1.807, 2.05) is 79.0 Å². The summed E-state index contributed by atoms with van der Waals surface area (Å²) in [6, 6.07) is 30.0. The lowest BCUT2D eigenvalue weighted by molar-refractivity contribution is -0.118. The maximum Gasteiger partial charge on any atom is 0.271 e. The van der Waals surface area contributed by atoms with Gasteiger partial charge in [-0.15, -0.1) is 11.3 Å². The number of ether oxygens (including phenoxy) is 1. The number of carbonyl (C=O) groups excluding carboxylic acids is 2. The van der Waals surface area contributed by atoms with Gasteiger partial charge in [-0.25, -0.2) is 10.4 Å². The number of hydrazone groups is 1. The average Bonchev–Trinajstić information content (AvgIpc) is 3.47. The standard InChI is InChI=1S/C33H29N5O3S/c1-22-11-17-27(18-12-22)35-33-37-29(21-42-33)24-13-15-25(16-14-24)32(40)38-34-19-26-8-4-6-10-30(26)41-20-31(39)36-28-9-5-3-7-23(28)2/h3-19,21H,20H2,1-2H3,(H,35,37)(H,36,39)(H,38,40)/b34-19+. The van der Waals surface area contributed by atoms with Crippen molar-refractivity contribution >= 4 is 45.9 Å². The van der Waals surface area contributed by atoms with Crippen LogP contribution in [-0.2, 0) is 4.79 Å². The van der Waals surface area contributed by atoms with Crippen LogP contribution in [0.15, 0.2) is 108 Å². The second kappa shape index (κ2) is 13.4. The summed E-state index contributed by atoms with van der Waals surface area (Å²) < 4.78 is 5.72. The molecule has 0 unspecified atom stereocenters. The fraction of sp³-hybridized carbons (Fsp3) is 0.0909. The molecule has 5 aromatic rings. The number of amides is 2. The number of benzene rings is 4. The van der Waals surface area contributed by atoms with Crippen LogP contribution in [0.3, 0.4) is 0 Å². The van der Waals surface area contributed by atoms with E-state index in [0.29, 0.717) is 16.9 Å². The Morgan fingerprint density at radius 3 is 2.43 bits per heavy atom. The largest absolute Gasteiger partial charge is 0.483 e. The Morgan fingerprint density at radius 1 is 0.905 bits per heavy atom. The molecule has 2 amide bonds. The van der Waals surface area contributed by atoms with Gasteiger partial charge < -0.3 is 15.4 Å². The van der Waals surface area contributed by atoms with Gasteiger partial charge in [0.2, 0.25) is 0 Å². The topological polar surface area (TPSA) is 105 Å². The number of para-hydroxylation sites is 2. The second-order valence-corrected chi connectivity index (χ2v) is 10.4. The van der Waals surface area contributed by atoms with Gasteiger partial charge in [0.25, 0.3) is 11.8 Å². The van der Waals surface area contributed by atoms with E-state index < -0.39 is 0 Å². The van der Waals surface area contributed by atoms with E-state index in [9.17, 15) is 9.59 Å². The van der Waals surface area contributed by atoms with E-state index in [1.54, 1.807) is 30.3 Å². The fourth-order valence-electron chi connectivity index (χ4n) is 4.00. The quantitative estimate of drug-likeness (QED) is 0.123. The predicted octanol–water partition coefficient (Wildman–Crippen LogP) is 6.95. The average molecular weight is 576 g/mol. The highest BCUT2D eigenvalue weighted by atomic mass is 32.1. The van der Waals surface area contributed by atoms with Crippen molar-refractivity contribution in [2.24, 2.45) is 5.10 Å². The van der Waals surface area contributed by atoms with Crippen molar-refractivity contribution in [3.8, 4) is 17.0 Å². The number of thiazole rings is 1. The summed E-state index contributed by atoms with van der Waals surface area (Å²) in [7, 11) is 0. The molecular formula is C33H29N5O3S. The van der Waals surface area contributed by atoms with E-state index in [1.165, 1.54) is 23.1 Å². The molecule has 1 heterocycles. The Bertz CT molecular complexity index is 1710. The highest BCUT2D eigenvalue weighted by Gasteiger charge is 2.10. The van der Waals surface area contributed by atoms with Crippen LogP contribution in [0.2, 0.25) is 0 Å². The number of hydrogen-bond donors (Lipinski definition) is 3. The van der Waals surface area contributed by atoms with Crippen molar-refractivity contribution < 1.29 is 14.3 Å². The SMILES string of the molecule is Cc1ccc(Nc2nc(-c3ccc(C(=O)N/N=C/c4ccccc4OCC(=O)Nc4ccccc4C)cc3)cs2)cc1. The third kappa shape index (κ3) is 7.47. The minimum absolute atomic E-state index is 0.166. The zero-order chi connectivity index (χ0) is 29.3. The monoisotopic (exact) mass is 575 g/mol. The molecule has 0 saturated carbocycles. The van der Waals surface area contributed by atoms with E-state index in [0.717, 1.165) is 33.3 Å². The van der Waals surface area contributed by atoms with E-state index in [2.05, 4.69) is 33.1 Å². The van der Waals surface area contributed by atoms with Crippen molar-refractivity contribution in [3.63, 3.8) is 0 Å². The van der Waals surface area contributed by atoms with Crippen LogP contribution in [-0.4, -0.2) is 29.6 Å². The van der Waals surface area contributed by atoms with Gasteiger partial charge in [-0.1, -0.05) is 60.2 Å². The summed E-state index contributed by atoms with van der Waals surface area (Å²) in [6.07, 6.45) is 1.48. The molecule has 0 atom stereocenters. The first-order chi connectivity index (χ1) is 20.4. The van der Waals surface area contributed by atoms with Gasteiger partial charge in [0, 0.05) is 33.4 Å². The molecule has 8 nitrogen and oxygen atoms in total. The molecule has 0 aliphatic heterocycles. The lowest BCUT2D eigenvalue weighted by atomic mass is 10.1. The Balaban J connectivity index is 1.15. The summed E-state index contributed by atoms with van der Waals surface area (Å²) >= 11 is 1.52. The minimum atomic E-state index is -0.353. The van der Waals surface area contributed by atoms with Gasteiger partial charge >= 0.3 is 0 Å². The van der Waals surface area contributed by atoms with Crippen LogP contribution in [0.1, 0.15) is 27.0 Å². The molecule has 0 aliphatic carbocycles. The van der Waals surface area contributed by atoms with Crippen LogP contribution < -0.4 is 20.8 Å². The zero-order valence-electron chi connectivity index (χ0n) is 23.1. The summed E-state index contributed by atoms with van der Waals surface area (Å²) in [5.74, 6) is -0.155. The van der Waals surface area contributed by atoms with Gasteiger partial charge in [0.1, 0.15) is 5.75 Å². The Hall–Kier alpha value is -5.28. The number of anilines is 3. The molecule has 0 aliphatic rings. The number of rotatable bonds is 10. The molecule has 0 fully saturated rings. The number of nitrogens with zero attached hydrogens (tertiary/aromatic N) is 2. The number of aryl methyl sites for hydroxylation is 2. The van der Waals surface area contributed by atoms with Gasteiger partial charge in [-0.05, 0) is 61.9 Å². The Kier molecular flexibility index (Phi) is 9.00. The normalized spacial score (nSPS) is 10.8. The van der Waals surface area contributed by atoms with Crippen LogP contribution in [0.4, 0.5) is 16.5 Å². The molecule has 0 saturated heterocycles. The van der Waals surface area contributed by atoms with Crippen molar-refractivity contribution in [2.45, 2.75) is 13.8 Å². The van der Waals surface area contributed by atoms with Crippen LogP contribution in [0.5, 0.6) is 5.75 Å². The molecule has 0 radical (unpaired) electrons. The molecule has 0 spiro atoms. The molecule has 1 aromatic heterocycles. The molecule has 210 valence electrons. The fourth-order valence-corrected chi connectivity index (χ4v) is 4.74. The van der Waals surface area contributed by atoms with Crippen molar-refractivity contribution in [3.05, 3.63) is 125 Å². The van der Waals surface area contributed by atoms with Crippen molar-refractivity contribution in [1.82, 2.24) is 10.4 Å². The molecule has 0 bridgehead atoms. The highest BCUT2D eigenvalue weighted by Crippen LogP contribution is 2.27. The Labute approximate surface area is 248 Å². The van der Waals surface area contributed by atoms with Crippen LogP contribution in [0, 0.1) is 13.8 Å². The third-order valence-corrected chi connectivity index (χ3v) is 7.07. The lowest BCUT2D eigenvalue weighted by Crippen LogP contribution is -2.21. The van der Waals surface area contributed by atoms with Gasteiger partial charge in [0.05, 0.1) is 11.9 Å². The number of carbonyl (C=O) groups is 2. The molecule has 3 N–H and O–H groups in total. The zero-order valence-corrected chi connectivity index (χ0v) is 23.9. The minimum Gasteiger partial charge on any atom is -0.483 e. The smallest absolute Gasteiger partial charge is 0.271 e. The predicted molar refractivity (Wildman–Crippen MR) is 169 cm³/mol. The van der Waals surface area contributed by atoms with Crippen molar-refractivity contribution in [1.29, 1.82) is 0 Å². The second-order valence-electron chi connectivity index (χ2n) is 9.49. The third-order valence-electron chi connectivity index (χ3n) is 6.32. The number of nitrogens with one attached hydrogen (secondary N) is 3. The summed E-state index contributed by atoms with van der Waals surface area (Å²) in [4.78, 5) is 29.7. The van der Waals surface area contributed by atoms with Gasteiger partial charge in [-0.3, -0.25) is 9.59 Å². The van der Waals surface area contributed by atoms with E-state index in [4.69, 9.17) is 4.74 Å². The molecule has 42 heavy (non-hydrogen) atoms. The van der Waals surface area contributed by atoms with Gasteiger partial charge in [-0.2, -0.15) is 5.10 Å². The first-order valence-corrected chi connectivity index (χ1v) is 14.1. The first-order valence-electron chi connectivity index (χ1n) is 13.2. The highest BCUT2D eigenvalue weighted by molar-refractivity contribution is 7.14. The number of aromatic nitrogens is 1. The summed E-state index contributed by atoms with van der Waals surface area (Å²) in [5.41, 5.74) is 9.23. The van der Waals surface area contributed by atoms with E-state index in [-0.39, 0.29) is 18.4 Å². The van der Waals surface area contributed by atoms with Crippen LogP contribution in [0.25, 0.3) is 11.3 Å². The van der Waals surface area contributed by atoms with Gasteiger partial charge in [0.15, 0.2) is 11.7 Å². The van der Waals surface area contributed by atoms with E-state index >= 15 is 0 Å². The summed E-state index contributed by atoms with van der Waals surface area (Å²) in [6.45, 7) is 3.81. The molecule has 5 rings (SSSR count). The Morgan fingerprint density at radius 2 is 1.64 bits per heavy atom. The lowest BCUT2D eigenvalue weighted by Gasteiger charge is -2.11. The molecule has 4 aromatic carbocycles. The first kappa shape index (κ1) is 28.3. The van der Waals surface area contributed by atoms with Crippen LogP contribution >= 0.6 is 11.3 Å². The van der Waals surface area contributed by atoms with Crippen molar-refractivity contribution in [2.75, 3.05) is 17.2 Å². The number of hydrogen-bond acceptors (Lipinski definition) is 7. The maximum absolute atomic E-state index is 12.7. The summed E-state index contributed by atoms with van der Waals surface area (Å²) in [5, 5.41) is 13.0. The molecule has 9 heteroatoms.